The van der Waals surface area contributed by atoms with Gasteiger partial charge in [-0.25, -0.2) is 14.8 Å². The predicted molar refractivity (Wildman–Crippen MR) is 50.5 cm³/mol. The molecule has 0 unspecified atom stereocenters. The van der Waals surface area contributed by atoms with E-state index in [0.29, 0.717) is 16.3 Å². The summed E-state index contributed by atoms with van der Waals surface area (Å²) in [5, 5.41) is 9.00. The molecule has 5 nitrogen and oxygen atoms in total. The number of aryl methyl sites for hydroxylation is 1. The summed E-state index contributed by atoms with van der Waals surface area (Å²) in [5.41, 5.74) is 1.21. The van der Waals surface area contributed by atoms with Crippen LogP contribution in [0, 0.1) is 0 Å². The van der Waals surface area contributed by atoms with Gasteiger partial charge in [0.2, 0.25) is 5.28 Å². The first-order valence-corrected chi connectivity index (χ1v) is 4.18. The number of carbonyl (C=O) groups is 1. The molecule has 0 spiro atoms. The number of pyridine rings is 1. The van der Waals surface area contributed by atoms with Crippen molar-refractivity contribution < 1.29 is 9.90 Å². The van der Waals surface area contributed by atoms with Crippen molar-refractivity contribution >= 4 is 28.6 Å². The van der Waals surface area contributed by atoms with Gasteiger partial charge in [-0.2, -0.15) is 0 Å². The summed E-state index contributed by atoms with van der Waals surface area (Å²) in [4.78, 5) is 18.3. The van der Waals surface area contributed by atoms with E-state index in [4.69, 9.17) is 16.7 Å². The molecule has 0 fully saturated rings. The summed E-state index contributed by atoms with van der Waals surface area (Å²) < 4.78 is 1.63. The van der Waals surface area contributed by atoms with Crippen LogP contribution in [0.25, 0.3) is 11.0 Å². The maximum absolute atomic E-state index is 10.6. The van der Waals surface area contributed by atoms with E-state index in [-0.39, 0.29) is 5.69 Å². The van der Waals surface area contributed by atoms with E-state index in [1.807, 2.05) is 0 Å². The number of aromatic carboxylic acids is 1. The van der Waals surface area contributed by atoms with Gasteiger partial charge in [0, 0.05) is 7.05 Å². The molecule has 0 aromatic carbocycles. The molecule has 0 aliphatic carbocycles. The van der Waals surface area contributed by atoms with Gasteiger partial charge in [-0.1, -0.05) is 0 Å². The minimum atomic E-state index is -1.08. The Morgan fingerprint density at radius 3 is 3.00 bits per heavy atom. The fourth-order valence-electron chi connectivity index (χ4n) is 1.18. The van der Waals surface area contributed by atoms with E-state index < -0.39 is 5.97 Å². The molecule has 0 radical (unpaired) electrons. The Labute approximate surface area is 84.0 Å². The second-order valence-corrected chi connectivity index (χ2v) is 3.14. The van der Waals surface area contributed by atoms with Crippen LogP contribution in [0.5, 0.6) is 0 Å². The molecular formula is C8H6ClN3O2. The highest BCUT2D eigenvalue weighted by molar-refractivity contribution is 6.29. The molecular weight excluding hydrogens is 206 g/mol. The van der Waals surface area contributed by atoms with Crippen LogP contribution in [0.4, 0.5) is 0 Å². The van der Waals surface area contributed by atoms with E-state index in [9.17, 15) is 4.79 Å². The number of hydrogen-bond acceptors (Lipinski definition) is 3. The van der Waals surface area contributed by atoms with E-state index >= 15 is 0 Å². The topological polar surface area (TPSA) is 68.0 Å². The standard InChI is InChI=1S/C8H6ClN3O2/c1-12-6-3-10-5(7(13)14)2-4(6)11-8(12)9/h2-3H,1H3,(H,13,14). The SMILES string of the molecule is Cn1c(Cl)nc2cc(C(=O)O)ncc21. The van der Waals surface area contributed by atoms with E-state index in [1.54, 1.807) is 11.6 Å². The molecule has 6 heteroatoms. The van der Waals surface area contributed by atoms with Crippen LogP contribution in [0.2, 0.25) is 5.28 Å². The van der Waals surface area contributed by atoms with Gasteiger partial charge in [0.05, 0.1) is 17.2 Å². The number of imidazole rings is 1. The van der Waals surface area contributed by atoms with Crippen LogP contribution >= 0.6 is 11.6 Å². The lowest BCUT2D eigenvalue weighted by molar-refractivity contribution is 0.0690. The average Bonchev–Trinajstić information content (AvgIpc) is 2.42. The third-order valence-electron chi connectivity index (χ3n) is 1.93. The number of hydrogen-bond donors (Lipinski definition) is 1. The highest BCUT2D eigenvalue weighted by atomic mass is 35.5. The van der Waals surface area contributed by atoms with Crippen LogP contribution in [0.3, 0.4) is 0 Å². The van der Waals surface area contributed by atoms with Crippen LogP contribution in [-0.4, -0.2) is 25.6 Å². The molecule has 0 amide bonds. The maximum atomic E-state index is 10.6. The van der Waals surface area contributed by atoms with Crippen LogP contribution in [-0.2, 0) is 7.05 Å². The van der Waals surface area contributed by atoms with Crippen LogP contribution in [0.1, 0.15) is 10.5 Å². The van der Waals surface area contributed by atoms with Crippen molar-refractivity contribution in [3.8, 4) is 0 Å². The monoisotopic (exact) mass is 211 g/mol. The van der Waals surface area contributed by atoms with Crippen molar-refractivity contribution in [3.05, 3.63) is 23.2 Å². The van der Waals surface area contributed by atoms with E-state index in [1.165, 1.54) is 12.3 Å². The number of fused-ring (bicyclic) bond motifs is 1. The van der Waals surface area contributed by atoms with Gasteiger partial charge < -0.3 is 9.67 Å². The van der Waals surface area contributed by atoms with Crippen molar-refractivity contribution in [2.24, 2.45) is 7.05 Å². The molecule has 0 aliphatic heterocycles. The second-order valence-electron chi connectivity index (χ2n) is 2.80. The fraction of sp³-hybridized carbons (Fsp3) is 0.125. The summed E-state index contributed by atoms with van der Waals surface area (Å²) in [5.74, 6) is -1.08. The van der Waals surface area contributed by atoms with Gasteiger partial charge in [-0.15, -0.1) is 0 Å². The first-order valence-electron chi connectivity index (χ1n) is 3.81. The average molecular weight is 212 g/mol. The Morgan fingerprint density at radius 1 is 1.64 bits per heavy atom. The molecule has 0 atom stereocenters. The summed E-state index contributed by atoms with van der Waals surface area (Å²) in [6.07, 6.45) is 1.44. The molecule has 2 heterocycles. The highest BCUT2D eigenvalue weighted by Crippen LogP contribution is 2.17. The third-order valence-corrected chi connectivity index (χ3v) is 2.27. The fourth-order valence-corrected chi connectivity index (χ4v) is 1.36. The van der Waals surface area contributed by atoms with E-state index in [0.717, 1.165) is 0 Å². The Kier molecular flexibility index (Phi) is 1.89. The zero-order valence-corrected chi connectivity index (χ0v) is 7.99. The predicted octanol–water partition coefficient (Wildman–Crippen LogP) is 1.32. The molecule has 14 heavy (non-hydrogen) atoms. The molecule has 2 aromatic rings. The Balaban J connectivity index is 2.73. The summed E-state index contributed by atoms with van der Waals surface area (Å²) >= 11 is 5.76. The van der Waals surface area contributed by atoms with Crippen molar-refractivity contribution in [1.29, 1.82) is 0 Å². The number of carboxylic acids is 1. The number of carboxylic acid groups (broad SMARTS) is 1. The van der Waals surface area contributed by atoms with Crippen molar-refractivity contribution in [2.45, 2.75) is 0 Å². The largest absolute Gasteiger partial charge is 0.477 e. The van der Waals surface area contributed by atoms with Crippen LogP contribution < -0.4 is 0 Å². The Hall–Kier alpha value is -1.62. The van der Waals surface area contributed by atoms with Gasteiger partial charge in [0.15, 0.2) is 0 Å². The summed E-state index contributed by atoms with van der Waals surface area (Å²) in [6.45, 7) is 0. The highest BCUT2D eigenvalue weighted by Gasteiger charge is 2.10. The van der Waals surface area contributed by atoms with Gasteiger partial charge in [0.1, 0.15) is 5.69 Å². The van der Waals surface area contributed by atoms with E-state index in [2.05, 4.69) is 9.97 Å². The Morgan fingerprint density at radius 2 is 2.36 bits per heavy atom. The summed E-state index contributed by atoms with van der Waals surface area (Å²) in [7, 11) is 1.74. The van der Waals surface area contributed by atoms with Crippen molar-refractivity contribution in [1.82, 2.24) is 14.5 Å². The lowest BCUT2D eigenvalue weighted by Crippen LogP contribution is -1.99. The zero-order chi connectivity index (χ0) is 10.3. The first-order chi connectivity index (χ1) is 6.59. The van der Waals surface area contributed by atoms with Gasteiger partial charge in [-0.3, -0.25) is 0 Å². The minimum Gasteiger partial charge on any atom is -0.477 e. The number of nitrogens with zero attached hydrogens (tertiary/aromatic N) is 3. The van der Waals surface area contributed by atoms with Crippen molar-refractivity contribution in [3.63, 3.8) is 0 Å². The number of rotatable bonds is 1. The molecule has 0 saturated heterocycles. The summed E-state index contributed by atoms with van der Waals surface area (Å²) in [6, 6.07) is 1.39. The molecule has 2 aromatic heterocycles. The molecule has 2 rings (SSSR count). The molecule has 1 N–H and O–H groups in total. The zero-order valence-electron chi connectivity index (χ0n) is 7.23. The van der Waals surface area contributed by atoms with Gasteiger partial charge >= 0.3 is 5.97 Å². The van der Waals surface area contributed by atoms with Crippen LogP contribution in [0.15, 0.2) is 12.3 Å². The number of halogens is 1. The maximum Gasteiger partial charge on any atom is 0.354 e. The van der Waals surface area contributed by atoms with Crippen molar-refractivity contribution in [2.75, 3.05) is 0 Å². The smallest absolute Gasteiger partial charge is 0.354 e. The van der Waals surface area contributed by atoms with Gasteiger partial charge in [0.25, 0.3) is 0 Å². The Bertz CT molecular complexity index is 521. The lowest BCUT2D eigenvalue weighted by Gasteiger charge is -1.95. The molecule has 0 bridgehead atoms. The molecule has 72 valence electrons. The normalized spacial score (nSPS) is 10.7. The van der Waals surface area contributed by atoms with Gasteiger partial charge in [-0.05, 0) is 17.7 Å². The first kappa shape index (κ1) is 8.96. The number of aromatic nitrogens is 3. The molecule has 0 aliphatic rings. The molecule has 0 saturated carbocycles. The minimum absolute atomic E-state index is 0.0349. The third kappa shape index (κ3) is 1.22. The lowest BCUT2D eigenvalue weighted by atomic mass is 10.3. The quantitative estimate of drug-likeness (QED) is 0.773. The second kappa shape index (κ2) is 2.95.